The number of ether oxygens (including phenoxy) is 2. The van der Waals surface area contributed by atoms with Crippen LogP contribution >= 0.6 is 0 Å². The normalized spacial score (nSPS) is 12.6. The molecule has 1 aromatic rings. The smallest absolute Gasteiger partial charge is 0.351 e. The minimum atomic E-state index is -0.741. The van der Waals surface area contributed by atoms with Gasteiger partial charge in [-0.25, -0.2) is 4.79 Å². The van der Waals surface area contributed by atoms with E-state index in [0.29, 0.717) is 4.68 Å². The maximum Gasteiger partial charge on any atom is 0.351 e. The summed E-state index contributed by atoms with van der Waals surface area (Å²) in [7, 11) is 1.44. The molecule has 17 heavy (non-hydrogen) atoms. The lowest BCUT2D eigenvalue weighted by atomic mass is 10.5. The standard InChI is InChI=1S/C9H15N3O5/c1-16-6-8(17-5-4-13)11-3-2-7(14)12(10)9(11)15/h2-3,8,13H,4-6,10H2,1H3/t8-/m1/s1. The number of aliphatic hydroxyl groups is 1. The van der Waals surface area contributed by atoms with Gasteiger partial charge in [-0.1, -0.05) is 0 Å². The van der Waals surface area contributed by atoms with Crippen LogP contribution in [0.15, 0.2) is 21.9 Å². The summed E-state index contributed by atoms with van der Waals surface area (Å²) in [5, 5.41) is 8.67. The fourth-order valence-electron chi connectivity index (χ4n) is 1.27. The number of aromatic nitrogens is 2. The fourth-order valence-corrected chi connectivity index (χ4v) is 1.27. The van der Waals surface area contributed by atoms with Crippen molar-refractivity contribution in [2.45, 2.75) is 6.23 Å². The van der Waals surface area contributed by atoms with Crippen molar-refractivity contribution in [3.63, 3.8) is 0 Å². The highest BCUT2D eigenvalue weighted by atomic mass is 16.5. The summed E-state index contributed by atoms with van der Waals surface area (Å²) < 4.78 is 11.7. The van der Waals surface area contributed by atoms with E-state index in [9.17, 15) is 9.59 Å². The second-order valence-electron chi connectivity index (χ2n) is 3.22. The number of nitrogen functional groups attached to an aromatic ring is 1. The summed E-state index contributed by atoms with van der Waals surface area (Å²) in [6, 6.07) is 1.15. The molecule has 8 heteroatoms. The first-order chi connectivity index (χ1) is 8.11. The Balaban J connectivity index is 3.05. The van der Waals surface area contributed by atoms with Crippen LogP contribution in [0.25, 0.3) is 0 Å². The Kier molecular flexibility index (Phi) is 4.88. The van der Waals surface area contributed by atoms with Crippen molar-refractivity contribution in [1.29, 1.82) is 0 Å². The summed E-state index contributed by atoms with van der Waals surface area (Å²) in [4.78, 5) is 22.8. The van der Waals surface area contributed by atoms with Gasteiger partial charge in [-0.15, -0.1) is 0 Å². The minimum absolute atomic E-state index is 0.0458. The van der Waals surface area contributed by atoms with Crippen LogP contribution in [0, 0.1) is 0 Å². The second-order valence-corrected chi connectivity index (χ2v) is 3.22. The van der Waals surface area contributed by atoms with Gasteiger partial charge in [-0.2, -0.15) is 4.68 Å². The van der Waals surface area contributed by atoms with Crippen LogP contribution in [-0.4, -0.2) is 41.3 Å². The van der Waals surface area contributed by atoms with Crippen molar-refractivity contribution in [1.82, 2.24) is 9.24 Å². The summed E-state index contributed by atoms with van der Waals surface area (Å²) in [6.45, 7) is -0.0422. The number of aliphatic hydroxyl groups excluding tert-OH is 1. The Bertz CT molecular complexity index is 466. The van der Waals surface area contributed by atoms with Crippen molar-refractivity contribution >= 4 is 0 Å². The van der Waals surface area contributed by atoms with Crippen LogP contribution in [0.1, 0.15) is 6.23 Å². The SMILES string of the molecule is COC[C@@H](OCCO)n1ccc(=O)n(N)c1=O. The molecule has 0 aliphatic heterocycles. The van der Waals surface area contributed by atoms with Gasteiger partial charge >= 0.3 is 5.69 Å². The predicted octanol–water partition coefficient (Wildman–Crippen LogP) is -2.12. The molecule has 0 aliphatic rings. The maximum atomic E-state index is 11.7. The zero-order valence-electron chi connectivity index (χ0n) is 9.41. The van der Waals surface area contributed by atoms with Gasteiger partial charge in [0, 0.05) is 19.4 Å². The lowest BCUT2D eigenvalue weighted by Gasteiger charge is -2.19. The molecule has 1 aromatic heterocycles. The number of hydrogen-bond acceptors (Lipinski definition) is 6. The number of methoxy groups -OCH3 is 1. The van der Waals surface area contributed by atoms with Gasteiger partial charge in [-0.05, 0) is 0 Å². The van der Waals surface area contributed by atoms with E-state index in [2.05, 4.69) is 0 Å². The summed E-state index contributed by atoms with van der Waals surface area (Å²) in [5.41, 5.74) is -1.32. The van der Waals surface area contributed by atoms with Crippen LogP contribution in [0.5, 0.6) is 0 Å². The van der Waals surface area contributed by atoms with Gasteiger partial charge in [0.2, 0.25) is 0 Å². The monoisotopic (exact) mass is 245 g/mol. The van der Waals surface area contributed by atoms with E-state index in [-0.39, 0.29) is 19.8 Å². The molecular weight excluding hydrogens is 230 g/mol. The largest absolute Gasteiger partial charge is 0.394 e. The molecule has 0 aliphatic carbocycles. The van der Waals surface area contributed by atoms with E-state index in [1.807, 2.05) is 0 Å². The predicted molar refractivity (Wildman–Crippen MR) is 59.1 cm³/mol. The zero-order valence-corrected chi connectivity index (χ0v) is 9.41. The lowest BCUT2D eigenvalue weighted by molar-refractivity contribution is -0.0595. The Morgan fingerprint density at radius 2 is 2.24 bits per heavy atom. The first-order valence-electron chi connectivity index (χ1n) is 4.92. The van der Waals surface area contributed by atoms with Crippen LogP contribution in [0.2, 0.25) is 0 Å². The summed E-state index contributed by atoms with van der Waals surface area (Å²) in [5.74, 6) is 5.27. The highest BCUT2D eigenvalue weighted by Gasteiger charge is 2.14. The Morgan fingerprint density at radius 3 is 2.82 bits per heavy atom. The molecule has 0 bridgehead atoms. The lowest BCUT2D eigenvalue weighted by Crippen LogP contribution is -2.45. The van der Waals surface area contributed by atoms with Crippen LogP contribution in [-0.2, 0) is 9.47 Å². The quantitative estimate of drug-likeness (QED) is 0.554. The summed E-state index contributed by atoms with van der Waals surface area (Å²) >= 11 is 0. The maximum absolute atomic E-state index is 11.7. The van der Waals surface area contributed by atoms with Crippen LogP contribution in [0.4, 0.5) is 0 Å². The van der Waals surface area contributed by atoms with Crippen molar-refractivity contribution in [2.24, 2.45) is 0 Å². The molecule has 1 rings (SSSR count). The average Bonchev–Trinajstić information content (AvgIpc) is 2.32. The van der Waals surface area contributed by atoms with Crippen molar-refractivity contribution < 1.29 is 14.6 Å². The third-order valence-electron chi connectivity index (χ3n) is 2.06. The van der Waals surface area contributed by atoms with Crippen molar-refractivity contribution in [3.8, 4) is 0 Å². The highest BCUT2D eigenvalue weighted by Crippen LogP contribution is 2.04. The van der Waals surface area contributed by atoms with E-state index in [4.69, 9.17) is 20.4 Å². The molecular formula is C9H15N3O5. The van der Waals surface area contributed by atoms with Gasteiger partial charge in [-0.3, -0.25) is 9.36 Å². The van der Waals surface area contributed by atoms with Gasteiger partial charge in [0.05, 0.1) is 19.8 Å². The number of nitrogens with zero attached hydrogens (tertiary/aromatic N) is 2. The molecule has 1 atom stereocenters. The van der Waals surface area contributed by atoms with Gasteiger partial charge in [0.1, 0.15) is 0 Å². The molecule has 96 valence electrons. The fraction of sp³-hybridized carbons (Fsp3) is 0.556. The average molecular weight is 245 g/mol. The molecule has 0 amide bonds. The first-order valence-corrected chi connectivity index (χ1v) is 4.92. The molecule has 0 fully saturated rings. The number of rotatable bonds is 6. The minimum Gasteiger partial charge on any atom is -0.394 e. The van der Waals surface area contributed by atoms with E-state index >= 15 is 0 Å². The van der Waals surface area contributed by atoms with Crippen molar-refractivity contribution in [3.05, 3.63) is 33.1 Å². The molecule has 8 nitrogen and oxygen atoms in total. The molecule has 0 aromatic carbocycles. The topological polar surface area (TPSA) is 109 Å². The zero-order chi connectivity index (χ0) is 12.8. The van der Waals surface area contributed by atoms with Crippen molar-refractivity contribution in [2.75, 3.05) is 32.8 Å². The highest BCUT2D eigenvalue weighted by molar-refractivity contribution is 4.87. The van der Waals surface area contributed by atoms with E-state index in [1.165, 1.54) is 13.3 Å². The third-order valence-corrected chi connectivity index (χ3v) is 2.06. The first kappa shape index (κ1) is 13.4. The van der Waals surface area contributed by atoms with E-state index < -0.39 is 17.5 Å². The molecule has 0 saturated heterocycles. The second kappa shape index (κ2) is 6.18. The molecule has 0 unspecified atom stereocenters. The van der Waals surface area contributed by atoms with E-state index in [1.54, 1.807) is 0 Å². The Labute approximate surface area is 96.8 Å². The molecule has 0 spiro atoms. The van der Waals surface area contributed by atoms with Crippen LogP contribution < -0.4 is 17.1 Å². The van der Waals surface area contributed by atoms with Gasteiger partial charge in [0.25, 0.3) is 5.56 Å². The van der Waals surface area contributed by atoms with Gasteiger partial charge < -0.3 is 20.4 Å². The Hall–Kier alpha value is -1.64. The van der Waals surface area contributed by atoms with E-state index in [0.717, 1.165) is 10.6 Å². The van der Waals surface area contributed by atoms with Gasteiger partial charge in [0.15, 0.2) is 6.23 Å². The molecule has 3 N–H and O–H groups in total. The molecule has 0 saturated carbocycles. The molecule has 1 heterocycles. The molecule has 0 radical (unpaired) electrons. The number of hydrogen-bond donors (Lipinski definition) is 2. The Morgan fingerprint density at radius 1 is 1.53 bits per heavy atom. The number of nitrogens with two attached hydrogens (primary N) is 1. The summed E-state index contributed by atoms with van der Waals surface area (Å²) in [6.07, 6.45) is 0.532. The third kappa shape index (κ3) is 3.16. The van der Waals surface area contributed by atoms with Crippen LogP contribution in [0.3, 0.4) is 0 Å².